The van der Waals surface area contributed by atoms with E-state index in [4.69, 9.17) is 9.47 Å². The zero-order valence-electron chi connectivity index (χ0n) is 10.3. The molecule has 0 bridgehead atoms. The highest BCUT2D eigenvalue weighted by molar-refractivity contribution is 7.99. The van der Waals surface area contributed by atoms with Crippen molar-refractivity contribution in [2.45, 2.75) is 6.10 Å². The van der Waals surface area contributed by atoms with Gasteiger partial charge in [-0.15, -0.1) is 0 Å². The molecular weight excluding hydrogens is 280 g/mol. The summed E-state index contributed by atoms with van der Waals surface area (Å²) in [4.78, 5) is 22.5. The van der Waals surface area contributed by atoms with Crippen LogP contribution in [0.15, 0.2) is 0 Å². The van der Waals surface area contributed by atoms with Crippen LogP contribution in [0.3, 0.4) is 0 Å². The Morgan fingerprint density at radius 2 is 1.59 bits per heavy atom. The molecule has 0 amide bonds. The lowest BCUT2D eigenvalue weighted by atomic mass is 10.4. The standard InChI is InChI=1S/C10H18O4S3/c1-15-5-8(14-10(12)7-17-3)4-13-9(11)6-16-2/h8H,4-7H2,1-3H3. The summed E-state index contributed by atoms with van der Waals surface area (Å²) in [6.07, 6.45) is 5.23. The fourth-order valence-corrected chi connectivity index (χ4v) is 2.14. The van der Waals surface area contributed by atoms with Gasteiger partial charge in [0, 0.05) is 5.75 Å². The van der Waals surface area contributed by atoms with Gasteiger partial charge in [0.05, 0.1) is 11.5 Å². The summed E-state index contributed by atoms with van der Waals surface area (Å²) in [6, 6.07) is 0. The maximum atomic E-state index is 11.3. The highest BCUT2D eigenvalue weighted by atomic mass is 32.2. The van der Waals surface area contributed by atoms with E-state index in [1.807, 2.05) is 18.8 Å². The fraction of sp³-hybridized carbons (Fsp3) is 0.800. The number of thioether (sulfide) groups is 3. The first-order valence-electron chi connectivity index (χ1n) is 4.96. The third kappa shape index (κ3) is 9.67. The Kier molecular flexibility index (Phi) is 11.1. The van der Waals surface area contributed by atoms with Crippen LogP contribution in [-0.2, 0) is 19.1 Å². The average Bonchev–Trinajstić information content (AvgIpc) is 2.27. The Morgan fingerprint density at radius 3 is 2.12 bits per heavy atom. The molecule has 7 heteroatoms. The van der Waals surface area contributed by atoms with Crippen molar-refractivity contribution in [3.05, 3.63) is 0 Å². The van der Waals surface area contributed by atoms with Crippen molar-refractivity contribution in [3.63, 3.8) is 0 Å². The quantitative estimate of drug-likeness (QED) is 0.598. The van der Waals surface area contributed by atoms with Crippen LogP contribution in [0.4, 0.5) is 0 Å². The molecule has 0 radical (unpaired) electrons. The first kappa shape index (κ1) is 17.0. The zero-order chi connectivity index (χ0) is 13.1. The molecule has 100 valence electrons. The fourth-order valence-electron chi connectivity index (χ4n) is 0.985. The molecule has 0 aliphatic rings. The van der Waals surface area contributed by atoms with Gasteiger partial charge < -0.3 is 9.47 Å². The molecular formula is C10H18O4S3. The third-order valence-electron chi connectivity index (χ3n) is 1.61. The Bertz CT molecular complexity index is 236. The minimum atomic E-state index is -0.351. The molecule has 4 nitrogen and oxygen atoms in total. The summed E-state index contributed by atoms with van der Waals surface area (Å²) < 4.78 is 10.2. The van der Waals surface area contributed by atoms with Crippen LogP contribution in [0.25, 0.3) is 0 Å². The summed E-state index contributed by atoms with van der Waals surface area (Å²) in [6.45, 7) is 0.139. The largest absolute Gasteiger partial charge is 0.461 e. The van der Waals surface area contributed by atoms with Crippen LogP contribution in [0, 0.1) is 0 Å². The molecule has 17 heavy (non-hydrogen) atoms. The SMILES string of the molecule is CSCC(=O)OCC(CSC)OC(=O)CSC. The van der Waals surface area contributed by atoms with Gasteiger partial charge in [0.2, 0.25) is 0 Å². The normalized spacial score (nSPS) is 11.9. The van der Waals surface area contributed by atoms with Gasteiger partial charge in [-0.1, -0.05) is 0 Å². The maximum absolute atomic E-state index is 11.3. The number of rotatable bonds is 9. The van der Waals surface area contributed by atoms with Gasteiger partial charge in [-0.2, -0.15) is 35.3 Å². The van der Waals surface area contributed by atoms with Crippen molar-refractivity contribution < 1.29 is 19.1 Å². The van der Waals surface area contributed by atoms with Crippen molar-refractivity contribution in [3.8, 4) is 0 Å². The average molecular weight is 298 g/mol. The molecule has 0 saturated heterocycles. The van der Waals surface area contributed by atoms with Gasteiger partial charge in [-0.3, -0.25) is 9.59 Å². The van der Waals surface area contributed by atoms with E-state index in [1.165, 1.54) is 23.5 Å². The summed E-state index contributed by atoms with van der Waals surface area (Å²) >= 11 is 4.37. The number of carbonyl (C=O) groups is 2. The van der Waals surface area contributed by atoms with Crippen LogP contribution < -0.4 is 0 Å². The van der Waals surface area contributed by atoms with Crippen molar-refractivity contribution in [2.24, 2.45) is 0 Å². The molecule has 0 rings (SSSR count). The Labute approximate surface area is 115 Å². The maximum Gasteiger partial charge on any atom is 0.316 e. The molecule has 0 spiro atoms. The summed E-state index contributed by atoms with van der Waals surface area (Å²) in [5.74, 6) is 0.739. The topological polar surface area (TPSA) is 52.6 Å². The van der Waals surface area contributed by atoms with Crippen LogP contribution >= 0.6 is 35.3 Å². The number of hydrogen-bond donors (Lipinski definition) is 0. The molecule has 0 saturated carbocycles. The van der Waals surface area contributed by atoms with Crippen molar-refractivity contribution in [2.75, 3.05) is 42.6 Å². The molecule has 0 N–H and O–H groups in total. The molecule has 0 aromatic rings. The second kappa shape index (κ2) is 11.1. The highest BCUT2D eigenvalue weighted by Crippen LogP contribution is 2.06. The van der Waals surface area contributed by atoms with E-state index in [1.54, 1.807) is 11.8 Å². The van der Waals surface area contributed by atoms with E-state index in [0.717, 1.165) is 0 Å². The molecule has 0 heterocycles. The molecule has 0 fully saturated rings. The van der Waals surface area contributed by atoms with Crippen LogP contribution in [0.5, 0.6) is 0 Å². The molecule has 0 aromatic carbocycles. The smallest absolute Gasteiger partial charge is 0.316 e. The van der Waals surface area contributed by atoms with E-state index >= 15 is 0 Å². The van der Waals surface area contributed by atoms with Gasteiger partial charge in [0.1, 0.15) is 12.7 Å². The lowest BCUT2D eigenvalue weighted by molar-refractivity contribution is -0.154. The first-order chi connectivity index (χ1) is 8.13. The van der Waals surface area contributed by atoms with E-state index in [9.17, 15) is 9.59 Å². The third-order valence-corrected chi connectivity index (χ3v) is 3.36. The number of esters is 2. The van der Waals surface area contributed by atoms with Crippen LogP contribution in [-0.4, -0.2) is 60.7 Å². The van der Waals surface area contributed by atoms with Crippen molar-refractivity contribution in [1.82, 2.24) is 0 Å². The number of ether oxygens (including phenoxy) is 2. The Balaban J connectivity index is 3.96. The van der Waals surface area contributed by atoms with E-state index in [2.05, 4.69) is 0 Å². The minimum absolute atomic E-state index is 0.139. The van der Waals surface area contributed by atoms with Crippen LogP contribution in [0.1, 0.15) is 0 Å². The van der Waals surface area contributed by atoms with Crippen molar-refractivity contribution >= 4 is 47.2 Å². The molecule has 0 aliphatic heterocycles. The number of hydrogen-bond acceptors (Lipinski definition) is 7. The van der Waals surface area contributed by atoms with Gasteiger partial charge in [-0.25, -0.2) is 0 Å². The zero-order valence-corrected chi connectivity index (χ0v) is 12.7. The Hall–Kier alpha value is -0.0100. The van der Waals surface area contributed by atoms with E-state index in [0.29, 0.717) is 17.3 Å². The molecule has 0 aliphatic carbocycles. The lowest BCUT2D eigenvalue weighted by Crippen LogP contribution is -2.28. The second-order valence-corrected chi connectivity index (χ2v) is 5.76. The lowest BCUT2D eigenvalue weighted by Gasteiger charge is -2.16. The summed E-state index contributed by atoms with van der Waals surface area (Å²) in [5.41, 5.74) is 0. The first-order valence-corrected chi connectivity index (χ1v) is 9.14. The summed E-state index contributed by atoms with van der Waals surface area (Å²) in [7, 11) is 0. The van der Waals surface area contributed by atoms with Gasteiger partial charge in [0.15, 0.2) is 0 Å². The van der Waals surface area contributed by atoms with E-state index in [-0.39, 0.29) is 24.6 Å². The predicted octanol–water partition coefficient (Wildman–Crippen LogP) is 1.53. The van der Waals surface area contributed by atoms with Crippen LogP contribution in [0.2, 0.25) is 0 Å². The number of carbonyl (C=O) groups excluding carboxylic acids is 2. The second-order valence-electron chi connectivity index (χ2n) is 3.12. The highest BCUT2D eigenvalue weighted by Gasteiger charge is 2.16. The Morgan fingerprint density at radius 1 is 1.00 bits per heavy atom. The summed E-state index contributed by atoms with van der Waals surface area (Å²) in [5, 5.41) is 0. The molecule has 0 aromatic heterocycles. The molecule has 1 atom stereocenters. The molecule has 1 unspecified atom stereocenters. The predicted molar refractivity (Wildman–Crippen MR) is 76.0 cm³/mol. The van der Waals surface area contributed by atoms with Crippen molar-refractivity contribution in [1.29, 1.82) is 0 Å². The van der Waals surface area contributed by atoms with Gasteiger partial charge in [-0.05, 0) is 18.8 Å². The van der Waals surface area contributed by atoms with Gasteiger partial charge >= 0.3 is 11.9 Å². The van der Waals surface area contributed by atoms with E-state index < -0.39 is 0 Å². The minimum Gasteiger partial charge on any atom is -0.461 e. The van der Waals surface area contributed by atoms with Gasteiger partial charge in [0.25, 0.3) is 0 Å². The monoisotopic (exact) mass is 298 g/mol.